The van der Waals surface area contributed by atoms with Gasteiger partial charge in [0.2, 0.25) is 0 Å². The molecule has 0 unspecified atom stereocenters. The summed E-state index contributed by atoms with van der Waals surface area (Å²) in [6.07, 6.45) is 1.31. The van der Waals surface area contributed by atoms with Crippen LogP contribution < -0.4 is 10.6 Å². The van der Waals surface area contributed by atoms with Crippen molar-refractivity contribution in [3.05, 3.63) is 17.8 Å². The van der Waals surface area contributed by atoms with Crippen LogP contribution in [0.15, 0.2) is 12.1 Å². The summed E-state index contributed by atoms with van der Waals surface area (Å²) < 4.78 is 5.28. The predicted octanol–water partition coefficient (Wildman–Crippen LogP) is 0.950. The Balaban J connectivity index is 2.11. The molecule has 0 amide bonds. The van der Waals surface area contributed by atoms with Crippen LogP contribution in [-0.4, -0.2) is 42.5 Å². The number of nitrogens with zero attached hydrogens (tertiary/aromatic N) is 2. The predicted molar refractivity (Wildman–Crippen MR) is 71.7 cm³/mol. The molecule has 2 heterocycles. The number of pyridine rings is 1. The van der Waals surface area contributed by atoms with Crippen LogP contribution in [-0.2, 0) is 4.74 Å². The lowest BCUT2D eigenvalue weighted by Gasteiger charge is -2.36. The third kappa shape index (κ3) is 2.91. The SMILES string of the molecule is Cc1ccc(N)c(N(C)CC2(O)CCOCC2)n1. The molecular weight excluding hydrogens is 230 g/mol. The molecule has 5 nitrogen and oxygen atoms in total. The van der Waals surface area contributed by atoms with Gasteiger partial charge in [-0.1, -0.05) is 0 Å². The molecule has 100 valence electrons. The summed E-state index contributed by atoms with van der Waals surface area (Å²) in [6, 6.07) is 3.73. The average molecular weight is 251 g/mol. The number of aliphatic hydroxyl groups is 1. The van der Waals surface area contributed by atoms with Gasteiger partial charge in [-0.05, 0) is 19.1 Å². The maximum Gasteiger partial charge on any atom is 0.151 e. The zero-order valence-electron chi connectivity index (χ0n) is 11.0. The Kier molecular flexibility index (Phi) is 3.73. The Morgan fingerprint density at radius 1 is 1.44 bits per heavy atom. The smallest absolute Gasteiger partial charge is 0.151 e. The number of rotatable bonds is 3. The number of aromatic nitrogens is 1. The second-order valence-electron chi connectivity index (χ2n) is 5.06. The Bertz CT molecular complexity index is 417. The molecule has 0 atom stereocenters. The van der Waals surface area contributed by atoms with Crippen molar-refractivity contribution in [2.24, 2.45) is 0 Å². The molecule has 18 heavy (non-hydrogen) atoms. The zero-order chi connectivity index (χ0) is 13.2. The van der Waals surface area contributed by atoms with E-state index < -0.39 is 5.60 Å². The summed E-state index contributed by atoms with van der Waals surface area (Å²) in [6.45, 7) is 3.68. The number of nitrogen functional groups attached to an aromatic ring is 1. The lowest BCUT2D eigenvalue weighted by molar-refractivity contribution is -0.0573. The van der Waals surface area contributed by atoms with Crippen LogP contribution in [0, 0.1) is 6.92 Å². The first-order valence-electron chi connectivity index (χ1n) is 6.25. The molecular formula is C13H21N3O2. The van der Waals surface area contributed by atoms with Crippen molar-refractivity contribution < 1.29 is 9.84 Å². The van der Waals surface area contributed by atoms with Gasteiger partial charge < -0.3 is 20.5 Å². The number of hydrogen-bond acceptors (Lipinski definition) is 5. The minimum atomic E-state index is -0.704. The van der Waals surface area contributed by atoms with Gasteiger partial charge in [0.1, 0.15) is 0 Å². The van der Waals surface area contributed by atoms with Crippen molar-refractivity contribution in [2.45, 2.75) is 25.4 Å². The summed E-state index contributed by atoms with van der Waals surface area (Å²) in [5.74, 6) is 0.731. The summed E-state index contributed by atoms with van der Waals surface area (Å²) >= 11 is 0. The standard InChI is InChI=1S/C13H21N3O2/c1-10-3-4-11(14)12(15-10)16(2)9-13(17)5-7-18-8-6-13/h3-4,17H,5-9,14H2,1-2H3. The maximum atomic E-state index is 10.5. The highest BCUT2D eigenvalue weighted by molar-refractivity contribution is 5.62. The van der Waals surface area contributed by atoms with E-state index in [1.807, 2.05) is 31.0 Å². The first-order chi connectivity index (χ1) is 8.50. The first kappa shape index (κ1) is 13.1. The number of ether oxygens (including phenoxy) is 1. The minimum absolute atomic E-state index is 0.525. The number of anilines is 2. The van der Waals surface area contributed by atoms with E-state index in [4.69, 9.17) is 10.5 Å². The van der Waals surface area contributed by atoms with Crippen LogP contribution >= 0.6 is 0 Å². The van der Waals surface area contributed by atoms with E-state index in [2.05, 4.69) is 4.98 Å². The van der Waals surface area contributed by atoms with Crippen LogP contribution in [0.5, 0.6) is 0 Å². The van der Waals surface area contributed by atoms with Gasteiger partial charge >= 0.3 is 0 Å². The summed E-state index contributed by atoms with van der Waals surface area (Å²) in [5.41, 5.74) is 6.78. The molecule has 0 bridgehead atoms. The van der Waals surface area contributed by atoms with Crippen molar-refractivity contribution in [3.8, 4) is 0 Å². The van der Waals surface area contributed by atoms with Crippen LogP contribution in [0.2, 0.25) is 0 Å². The van der Waals surface area contributed by atoms with Gasteiger partial charge in [-0.3, -0.25) is 0 Å². The fourth-order valence-corrected chi connectivity index (χ4v) is 2.29. The monoisotopic (exact) mass is 251 g/mol. The quantitative estimate of drug-likeness (QED) is 0.837. The summed E-state index contributed by atoms with van der Waals surface area (Å²) in [4.78, 5) is 6.35. The van der Waals surface area contributed by atoms with E-state index in [0.29, 0.717) is 38.3 Å². The van der Waals surface area contributed by atoms with E-state index in [1.54, 1.807) is 0 Å². The molecule has 5 heteroatoms. The van der Waals surface area contributed by atoms with Gasteiger partial charge in [-0.2, -0.15) is 0 Å². The van der Waals surface area contributed by atoms with Gasteiger partial charge in [0.25, 0.3) is 0 Å². The topological polar surface area (TPSA) is 71.6 Å². The molecule has 0 spiro atoms. The van der Waals surface area contributed by atoms with Gasteiger partial charge in [-0.15, -0.1) is 0 Å². The molecule has 1 aliphatic rings. The largest absolute Gasteiger partial charge is 0.396 e. The molecule has 0 radical (unpaired) electrons. The third-order valence-corrected chi connectivity index (χ3v) is 3.36. The van der Waals surface area contributed by atoms with Crippen LogP contribution in [0.25, 0.3) is 0 Å². The highest BCUT2D eigenvalue weighted by Crippen LogP contribution is 2.26. The molecule has 1 aromatic heterocycles. The lowest BCUT2D eigenvalue weighted by Crippen LogP contribution is -2.46. The molecule has 0 saturated carbocycles. The Labute approximate surface area is 108 Å². The van der Waals surface area contributed by atoms with Crippen molar-refractivity contribution in [1.29, 1.82) is 0 Å². The van der Waals surface area contributed by atoms with E-state index >= 15 is 0 Å². The zero-order valence-corrected chi connectivity index (χ0v) is 11.0. The average Bonchev–Trinajstić information content (AvgIpc) is 2.32. The van der Waals surface area contributed by atoms with Gasteiger partial charge in [-0.25, -0.2) is 4.98 Å². The summed E-state index contributed by atoms with van der Waals surface area (Å²) in [5, 5.41) is 10.5. The minimum Gasteiger partial charge on any atom is -0.396 e. The molecule has 2 rings (SSSR count). The van der Waals surface area contributed by atoms with Crippen LogP contribution in [0.1, 0.15) is 18.5 Å². The first-order valence-corrected chi connectivity index (χ1v) is 6.25. The molecule has 3 N–H and O–H groups in total. The maximum absolute atomic E-state index is 10.5. The van der Waals surface area contributed by atoms with Gasteiger partial charge in [0, 0.05) is 45.3 Å². The third-order valence-electron chi connectivity index (χ3n) is 3.36. The fraction of sp³-hybridized carbons (Fsp3) is 0.615. The molecule has 1 aliphatic heterocycles. The Hall–Kier alpha value is -1.33. The number of nitrogens with two attached hydrogens (primary N) is 1. The highest BCUT2D eigenvalue weighted by atomic mass is 16.5. The molecule has 0 aromatic carbocycles. The fourth-order valence-electron chi connectivity index (χ4n) is 2.29. The molecule has 1 saturated heterocycles. The van der Waals surface area contributed by atoms with E-state index in [0.717, 1.165) is 11.5 Å². The number of likely N-dealkylation sites (N-methyl/N-ethyl adjacent to an activating group) is 1. The molecule has 1 aromatic rings. The van der Waals surface area contributed by atoms with Gasteiger partial charge in [0.15, 0.2) is 5.82 Å². The van der Waals surface area contributed by atoms with Crippen molar-refractivity contribution in [3.63, 3.8) is 0 Å². The summed E-state index contributed by atoms with van der Waals surface area (Å²) in [7, 11) is 1.91. The number of hydrogen-bond donors (Lipinski definition) is 2. The van der Waals surface area contributed by atoms with Crippen LogP contribution in [0.4, 0.5) is 11.5 Å². The molecule has 0 aliphatic carbocycles. The Morgan fingerprint density at radius 2 is 2.11 bits per heavy atom. The van der Waals surface area contributed by atoms with Crippen molar-refractivity contribution in [1.82, 2.24) is 4.98 Å². The second kappa shape index (κ2) is 5.12. The van der Waals surface area contributed by atoms with E-state index in [-0.39, 0.29) is 0 Å². The molecule has 1 fully saturated rings. The van der Waals surface area contributed by atoms with E-state index in [1.165, 1.54) is 0 Å². The number of aryl methyl sites for hydroxylation is 1. The lowest BCUT2D eigenvalue weighted by atomic mass is 9.94. The van der Waals surface area contributed by atoms with Gasteiger partial charge in [0.05, 0.1) is 11.3 Å². The Morgan fingerprint density at radius 3 is 2.78 bits per heavy atom. The second-order valence-corrected chi connectivity index (χ2v) is 5.06. The normalized spacial score (nSPS) is 18.6. The van der Waals surface area contributed by atoms with Crippen LogP contribution in [0.3, 0.4) is 0 Å². The highest BCUT2D eigenvalue weighted by Gasteiger charge is 2.31. The van der Waals surface area contributed by atoms with E-state index in [9.17, 15) is 5.11 Å². The van der Waals surface area contributed by atoms with Crippen molar-refractivity contribution in [2.75, 3.05) is 37.4 Å². The van der Waals surface area contributed by atoms with Crippen molar-refractivity contribution >= 4 is 11.5 Å².